The third-order valence-electron chi connectivity index (χ3n) is 10.7. The first kappa shape index (κ1) is 52.1. The lowest BCUT2D eigenvalue weighted by atomic mass is 9.95. The van der Waals surface area contributed by atoms with Crippen molar-refractivity contribution in [3.8, 4) is 0 Å². The number of esters is 2. The Balaban J connectivity index is 1.75. The van der Waals surface area contributed by atoms with Crippen molar-refractivity contribution in [1.29, 1.82) is 0 Å². The van der Waals surface area contributed by atoms with Gasteiger partial charge in [0.1, 0.15) is 35.9 Å². The van der Waals surface area contributed by atoms with E-state index in [2.05, 4.69) is 21.3 Å². The summed E-state index contributed by atoms with van der Waals surface area (Å²) in [6.45, 7) is 17.0. The number of carboxylic acids is 1. The normalized spacial score (nSPS) is 17.6. The van der Waals surface area contributed by atoms with Gasteiger partial charge in [0.15, 0.2) is 6.10 Å². The Kier molecular flexibility index (Phi) is 19.3. The molecule has 4 amide bonds. The fraction of sp³-hybridized carbons (Fsp3) is 0.630. The molecule has 6 N–H and O–H groups in total. The number of hydrogen-bond donors (Lipinski definition) is 6. The molecule has 0 aromatic heterocycles. The SMILES string of the molecule is CN[C@@H](Cc1ccc2ccccc2c1)C(=O)O[C@H](C)[C@H](NC(=O)OC(C)(C)C)C(=O)N[C@H](C(C)C)[C@@H](O)CC(=O)O[C@H](C(=O)N[C@@H](CC(C)C)C(=O)N1CCC[C@H]1C(=O)O)C(C)C. The van der Waals surface area contributed by atoms with Crippen LogP contribution in [0, 0.1) is 17.8 Å². The van der Waals surface area contributed by atoms with Crippen LogP contribution in [-0.4, -0.2) is 125 Å². The topological polar surface area (TPSA) is 239 Å². The standard InChI is InChI=1S/C46H69N5O12/c1-25(2)21-32(42(56)51-20-14-17-34(51)43(57)58)48-41(55)39(27(5)6)62-36(53)24-35(52)37(26(3)4)49-40(54)38(50-45(60)63-46(8,9)10)28(7)61-44(59)33(47-11)23-29-18-19-30-15-12-13-16-31(30)22-29/h12-13,15-16,18-19,22,25-28,32-35,37-39,47,52H,14,17,20-21,23-24H2,1-11H3,(H,48,55)(H,49,54)(H,50,60)(H,57,58)/t28-,32+,33+,34+,35+,37-,38+,39+/m1/s1. The molecule has 2 aromatic rings. The van der Waals surface area contributed by atoms with Gasteiger partial charge in [-0.3, -0.25) is 24.0 Å². The number of carboxylic acid groups (broad SMARTS) is 1. The highest BCUT2D eigenvalue weighted by Gasteiger charge is 2.40. The smallest absolute Gasteiger partial charge is 0.408 e. The summed E-state index contributed by atoms with van der Waals surface area (Å²) in [6, 6.07) is 8.16. The molecule has 1 heterocycles. The number of likely N-dealkylation sites (N-methyl/N-ethyl adjacent to an activating group) is 1. The number of carbonyl (C=O) groups is 7. The minimum absolute atomic E-state index is 0.0520. The van der Waals surface area contributed by atoms with Gasteiger partial charge < -0.3 is 50.6 Å². The number of benzene rings is 2. The van der Waals surface area contributed by atoms with Gasteiger partial charge >= 0.3 is 24.0 Å². The number of aliphatic hydroxyl groups excluding tert-OH is 1. The van der Waals surface area contributed by atoms with Crippen LogP contribution in [-0.2, 0) is 49.4 Å². The maximum absolute atomic E-state index is 14.0. The number of nitrogens with one attached hydrogen (secondary N) is 4. The van der Waals surface area contributed by atoms with Crippen molar-refractivity contribution in [2.75, 3.05) is 13.6 Å². The van der Waals surface area contributed by atoms with Crippen molar-refractivity contribution >= 4 is 52.5 Å². The van der Waals surface area contributed by atoms with E-state index in [1.807, 2.05) is 56.3 Å². The molecule has 1 aliphatic heterocycles. The summed E-state index contributed by atoms with van der Waals surface area (Å²) in [4.78, 5) is 94.3. The molecule has 0 unspecified atom stereocenters. The first-order valence-corrected chi connectivity index (χ1v) is 21.8. The number of hydrogen-bond acceptors (Lipinski definition) is 12. The number of carbonyl (C=O) groups excluding carboxylic acids is 6. The maximum Gasteiger partial charge on any atom is 0.408 e. The average Bonchev–Trinajstić information content (AvgIpc) is 3.69. The lowest BCUT2D eigenvalue weighted by Crippen LogP contribution is -2.59. The van der Waals surface area contributed by atoms with Crippen LogP contribution < -0.4 is 21.3 Å². The molecule has 0 saturated carbocycles. The van der Waals surface area contributed by atoms with Gasteiger partial charge in [-0.2, -0.15) is 0 Å². The third-order valence-corrected chi connectivity index (χ3v) is 10.7. The van der Waals surface area contributed by atoms with Gasteiger partial charge in [0.05, 0.1) is 18.6 Å². The Morgan fingerprint density at radius 2 is 1.48 bits per heavy atom. The van der Waals surface area contributed by atoms with Crippen molar-refractivity contribution in [2.24, 2.45) is 17.8 Å². The number of aliphatic hydroxyl groups is 1. The Bertz CT molecular complexity index is 1910. The van der Waals surface area contributed by atoms with E-state index in [1.165, 1.54) is 11.8 Å². The van der Waals surface area contributed by atoms with Crippen molar-refractivity contribution in [2.45, 2.75) is 155 Å². The van der Waals surface area contributed by atoms with Crippen LogP contribution in [0.15, 0.2) is 42.5 Å². The van der Waals surface area contributed by atoms with Gasteiger partial charge in [-0.05, 0) is 94.5 Å². The Morgan fingerprint density at radius 3 is 2.05 bits per heavy atom. The van der Waals surface area contributed by atoms with E-state index in [4.69, 9.17) is 14.2 Å². The zero-order chi connectivity index (χ0) is 47.3. The summed E-state index contributed by atoms with van der Waals surface area (Å²) in [5.74, 6) is -6.03. The predicted molar refractivity (Wildman–Crippen MR) is 235 cm³/mol. The van der Waals surface area contributed by atoms with Crippen LogP contribution in [0.2, 0.25) is 0 Å². The van der Waals surface area contributed by atoms with E-state index < -0.39 is 114 Å². The Hall–Kier alpha value is -5.29. The molecule has 1 aliphatic rings. The van der Waals surface area contributed by atoms with E-state index in [1.54, 1.807) is 55.5 Å². The van der Waals surface area contributed by atoms with Crippen LogP contribution in [0.25, 0.3) is 10.8 Å². The second-order valence-corrected chi connectivity index (χ2v) is 18.4. The molecule has 0 aliphatic carbocycles. The zero-order valence-corrected chi connectivity index (χ0v) is 38.6. The molecule has 3 rings (SSSR count). The van der Waals surface area contributed by atoms with Crippen LogP contribution in [0.5, 0.6) is 0 Å². The highest BCUT2D eigenvalue weighted by Crippen LogP contribution is 2.22. The molecule has 0 bridgehead atoms. The van der Waals surface area contributed by atoms with E-state index in [0.717, 1.165) is 16.3 Å². The van der Waals surface area contributed by atoms with Gasteiger partial charge in [-0.25, -0.2) is 9.59 Å². The van der Waals surface area contributed by atoms with Crippen LogP contribution >= 0.6 is 0 Å². The minimum atomic E-state index is -1.55. The van der Waals surface area contributed by atoms with E-state index in [9.17, 15) is 43.8 Å². The van der Waals surface area contributed by atoms with Crippen molar-refractivity contribution in [3.05, 3.63) is 48.0 Å². The van der Waals surface area contributed by atoms with Crippen molar-refractivity contribution in [3.63, 3.8) is 0 Å². The maximum atomic E-state index is 14.0. The molecule has 17 heteroatoms. The highest BCUT2D eigenvalue weighted by molar-refractivity contribution is 5.93. The number of rotatable bonds is 21. The van der Waals surface area contributed by atoms with Crippen LogP contribution in [0.4, 0.5) is 4.79 Å². The first-order valence-electron chi connectivity index (χ1n) is 21.8. The number of likely N-dealkylation sites (tertiary alicyclic amines) is 1. The molecule has 2 aromatic carbocycles. The number of fused-ring (bicyclic) bond motifs is 1. The summed E-state index contributed by atoms with van der Waals surface area (Å²) in [5.41, 5.74) is -0.0726. The average molecular weight is 884 g/mol. The van der Waals surface area contributed by atoms with Crippen molar-refractivity contribution in [1.82, 2.24) is 26.2 Å². The summed E-state index contributed by atoms with van der Waals surface area (Å²) in [5, 5.41) is 33.9. The number of ether oxygens (including phenoxy) is 3. The molecule has 17 nitrogen and oxygen atoms in total. The zero-order valence-electron chi connectivity index (χ0n) is 38.6. The van der Waals surface area contributed by atoms with Gasteiger partial charge in [-0.1, -0.05) is 84.0 Å². The summed E-state index contributed by atoms with van der Waals surface area (Å²) < 4.78 is 16.8. The number of aliphatic carboxylic acids is 1. The molecular weight excluding hydrogens is 815 g/mol. The van der Waals surface area contributed by atoms with E-state index in [-0.39, 0.29) is 25.3 Å². The van der Waals surface area contributed by atoms with E-state index >= 15 is 0 Å². The quantitative estimate of drug-likeness (QED) is 0.0773. The first-order chi connectivity index (χ1) is 29.4. The molecule has 1 saturated heterocycles. The molecule has 63 heavy (non-hydrogen) atoms. The minimum Gasteiger partial charge on any atom is -0.480 e. The lowest BCUT2D eigenvalue weighted by Gasteiger charge is -2.32. The predicted octanol–water partition coefficient (Wildman–Crippen LogP) is 3.86. The summed E-state index contributed by atoms with van der Waals surface area (Å²) in [7, 11) is 1.61. The van der Waals surface area contributed by atoms with Gasteiger partial charge in [-0.15, -0.1) is 0 Å². The van der Waals surface area contributed by atoms with Crippen molar-refractivity contribution < 1.29 is 58.0 Å². The lowest BCUT2D eigenvalue weighted by molar-refractivity contribution is -0.162. The summed E-state index contributed by atoms with van der Waals surface area (Å²) >= 11 is 0. The Labute approximate surface area is 370 Å². The third kappa shape index (κ3) is 15.8. The number of amides is 4. The molecule has 8 atom stereocenters. The number of nitrogens with zero attached hydrogens (tertiary/aromatic N) is 1. The largest absolute Gasteiger partial charge is 0.480 e. The number of alkyl carbamates (subject to hydrolysis) is 1. The fourth-order valence-corrected chi connectivity index (χ4v) is 7.44. The Morgan fingerprint density at radius 1 is 0.825 bits per heavy atom. The van der Waals surface area contributed by atoms with Crippen LogP contribution in [0.1, 0.15) is 100 Å². The second kappa shape index (κ2) is 23.4. The van der Waals surface area contributed by atoms with E-state index in [0.29, 0.717) is 12.8 Å². The summed E-state index contributed by atoms with van der Waals surface area (Å²) in [6.07, 6.45) is -4.51. The fourth-order valence-electron chi connectivity index (χ4n) is 7.44. The molecule has 0 spiro atoms. The molecular formula is C46H69N5O12. The monoisotopic (exact) mass is 883 g/mol. The molecule has 350 valence electrons. The van der Waals surface area contributed by atoms with Gasteiger partial charge in [0.2, 0.25) is 11.8 Å². The van der Waals surface area contributed by atoms with Gasteiger partial charge in [0, 0.05) is 6.54 Å². The molecule has 1 fully saturated rings. The highest BCUT2D eigenvalue weighted by atomic mass is 16.6. The van der Waals surface area contributed by atoms with Gasteiger partial charge in [0.25, 0.3) is 5.91 Å². The molecule has 0 radical (unpaired) electrons. The van der Waals surface area contributed by atoms with Crippen LogP contribution in [0.3, 0.4) is 0 Å². The second-order valence-electron chi connectivity index (χ2n) is 18.4.